The first-order chi connectivity index (χ1) is 13.1. The first-order valence-corrected chi connectivity index (χ1v) is 9.41. The van der Waals surface area contributed by atoms with E-state index in [1.54, 1.807) is 6.07 Å². The van der Waals surface area contributed by atoms with Gasteiger partial charge >= 0.3 is 6.03 Å². The third-order valence-corrected chi connectivity index (χ3v) is 4.68. The highest BCUT2D eigenvalue weighted by Crippen LogP contribution is 2.18. The zero-order chi connectivity index (χ0) is 19.1. The van der Waals surface area contributed by atoms with E-state index in [0.717, 1.165) is 37.1 Å². The van der Waals surface area contributed by atoms with Crippen LogP contribution in [0.3, 0.4) is 0 Å². The number of amides is 3. The van der Waals surface area contributed by atoms with Gasteiger partial charge in [0.15, 0.2) is 5.76 Å². The molecule has 1 fully saturated rings. The molecule has 1 aliphatic rings. The fourth-order valence-electron chi connectivity index (χ4n) is 3.25. The molecule has 7 nitrogen and oxygen atoms in total. The van der Waals surface area contributed by atoms with Gasteiger partial charge in [0.05, 0.1) is 18.3 Å². The van der Waals surface area contributed by atoms with Gasteiger partial charge in [0, 0.05) is 25.6 Å². The van der Waals surface area contributed by atoms with Crippen LogP contribution in [-0.2, 0) is 11.3 Å². The van der Waals surface area contributed by atoms with Crippen molar-refractivity contribution in [3.05, 3.63) is 53.4 Å². The molecule has 0 radical (unpaired) electrons. The summed E-state index contributed by atoms with van der Waals surface area (Å²) >= 11 is 0. The Morgan fingerprint density at radius 2 is 2.07 bits per heavy atom. The number of aromatic nitrogens is 1. The van der Waals surface area contributed by atoms with Crippen LogP contribution in [0, 0.1) is 6.92 Å². The smallest absolute Gasteiger partial charge is 0.315 e. The minimum atomic E-state index is -0.305. The molecule has 1 aliphatic heterocycles. The van der Waals surface area contributed by atoms with Gasteiger partial charge in [-0.1, -0.05) is 41.9 Å². The van der Waals surface area contributed by atoms with Crippen molar-refractivity contribution in [3.63, 3.8) is 0 Å². The van der Waals surface area contributed by atoms with Crippen LogP contribution in [-0.4, -0.2) is 35.1 Å². The van der Waals surface area contributed by atoms with Gasteiger partial charge in [0.2, 0.25) is 5.91 Å². The molecule has 27 heavy (non-hydrogen) atoms. The molecule has 1 aromatic heterocycles. The number of nitrogens with one attached hydrogen (secondary N) is 2. The Balaban J connectivity index is 1.64. The average Bonchev–Trinajstić information content (AvgIpc) is 2.99. The largest absolute Gasteiger partial charge is 0.359 e. The summed E-state index contributed by atoms with van der Waals surface area (Å²) in [5, 5.41) is 9.59. The molecule has 0 aliphatic carbocycles. The maximum absolute atomic E-state index is 12.4. The molecule has 1 atom stereocenters. The molecule has 1 aromatic carbocycles. The fourth-order valence-corrected chi connectivity index (χ4v) is 3.25. The number of nitrogens with zero attached hydrogens (tertiary/aromatic N) is 2. The summed E-state index contributed by atoms with van der Waals surface area (Å²) in [7, 11) is 0. The van der Waals surface area contributed by atoms with Crippen molar-refractivity contribution in [2.75, 3.05) is 13.1 Å². The molecular weight excluding hydrogens is 344 g/mol. The van der Waals surface area contributed by atoms with Crippen LogP contribution < -0.4 is 10.6 Å². The van der Waals surface area contributed by atoms with Crippen LogP contribution in [0.5, 0.6) is 0 Å². The van der Waals surface area contributed by atoms with E-state index in [4.69, 9.17) is 4.52 Å². The summed E-state index contributed by atoms with van der Waals surface area (Å²) in [5.74, 6) is 0.759. The van der Waals surface area contributed by atoms with E-state index in [0.29, 0.717) is 18.7 Å². The van der Waals surface area contributed by atoms with Crippen molar-refractivity contribution in [1.82, 2.24) is 20.7 Å². The number of hydrogen-bond acceptors (Lipinski definition) is 4. The Morgan fingerprint density at radius 3 is 2.81 bits per heavy atom. The topological polar surface area (TPSA) is 87.5 Å². The quantitative estimate of drug-likeness (QED) is 0.818. The summed E-state index contributed by atoms with van der Waals surface area (Å²) < 4.78 is 5.11. The summed E-state index contributed by atoms with van der Waals surface area (Å²) in [6, 6.07) is 10.9. The number of carbonyl (C=O) groups excluding carboxylic acids is 2. The van der Waals surface area contributed by atoms with Crippen molar-refractivity contribution in [2.24, 2.45) is 0 Å². The van der Waals surface area contributed by atoms with Crippen molar-refractivity contribution < 1.29 is 14.1 Å². The van der Waals surface area contributed by atoms with E-state index >= 15 is 0 Å². The molecule has 2 heterocycles. The standard InChI is InChI=1S/C20H26N4O3/c1-15-12-17(27-23-15)13-21-20(26)22-18(16-8-4-2-5-9-16)14-24-11-7-3-6-10-19(24)25/h2,4-5,8-9,12,18H,3,6-7,10-11,13-14H2,1H3,(H2,21,22,26). The molecule has 7 heteroatoms. The highest BCUT2D eigenvalue weighted by Gasteiger charge is 2.23. The molecule has 0 bridgehead atoms. The van der Waals surface area contributed by atoms with E-state index in [2.05, 4.69) is 15.8 Å². The molecule has 2 aromatic rings. The molecule has 144 valence electrons. The molecule has 3 amide bonds. The SMILES string of the molecule is Cc1cc(CNC(=O)NC(CN2CCCCCC2=O)c2ccccc2)on1. The fraction of sp³-hybridized carbons (Fsp3) is 0.450. The van der Waals surface area contributed by atoms with E-state index < -0.39 is 0 Å². The van der Waals surface area contributed by atoms with Crippen LogP contribution in [0.15, 0.2) is 40.9 Å². The van der Waals surface area contributed by atoms with Crippen LogP contribution in [0.2, 0.25) is 0 Å². The number of urea groups is 1. The first-order valence-electron chi connectivity index (χ1n) is 9.41. The Morgan fingerprint density at radius 1 is 1.26 bits per heavy atom. The molecular formula is C20H26N4O3. The molecule has 0 spiro atoms. The maximum Gasteiger partial charge on any atom is 0.315 e. The normalized spacial score (nSPS) is 15.9. The number of carbonyl (C=O) groups is 2. The Bertz CT molecular complexity index is 760. The Labute approximate surface area is 159 Å². The minimum Gasteiger partial charge on any atom is -0.359 e. The zero-order valence-electron chi connectivity index (χ0n) is 15.6. The number of benzene rings is 1. The second-order valence-electron chi connectivity index (χ2n) is 6.88. The molecule has 1 unspecified atom stereocenters. The highest BCUT2D eigenvalue weighted by molar-refractivity contribution is 5.77. The number of rotatable bonds is 6. The lowest BCUT2D eigenvalue weighted by Crippen LogP contribution is -2.44. The average molecular weight is 370 g/mol. The van der Waals surface area contributed by atoms with Crippen LogP contribution >= 0.6 is 0 Å². The van der Waals surface area contributed by atoms with Crippen molar-refractivity contribution in [3.8, 4) is 0 Å². The van der Waals surface area contributed by atoms with Gasteiger partial charge in [0.25, 0.3) is 0 Å². The van der Waals surface area contributed by atoms with Gasteiger partial charge < -0.3 is 20.1 Å². The lowest BCUT2D eigenvalue weighted by molar-refractivity contribution is -0.131. The lowest BCUT2D eigenvalue weighted by atomic mass is 10.1. The summed E-state index contributed by atoms with van der Waals surface area (Å²) in [6.07, 6.45) is 3.60. The summed E-state index contributed by atoms with van der Waals surface area (Å²) in [4.78, 5) is 26.6. The van der Waals surface area contributed by atoms with Gasteiger partial charge in [-0.25, -0.2) is 4.79 Å². The van der Waals surface area contributed by atoms with Gasteiger partial charge in [-0.15, -0.1) is 0 Å². The third kappa shape index (κ3) is 5.57. The first kappa shape index (κ1) is 18.9. The predicted octanol–water partition coefficient (Wildman–Crippen LogP) is 2.93. The van der Waals surface area contributed by atoms with Gasteiger partial charge in [-0.05, 0) is 25.3 Å². The summed E-state index contributed by atoms with van der Waals surface area (Å²) in [5.41, 5.74) is 1.74. The van der Waals surface area contributed by atoms with Crippen LogP contribution in [0.4, 0.5) is 4.79 Å². The second-order valence-corrected chi connectivity index (χ2v) is 6.88. The zero-order valence-corrected chi connectivity index (χ0v) is 15.6. The lowest BCUT2D eigenvalue weighted by Gasteiger charge is -2.27. The predicted molar refractivity (Wildman–Crippen MR) is 101 cm³/mol. The van der Waals surface area contributed by atoms with Crippen molar-refractivity contribution in [1.29, 1.82) is 0 Å². The van der Waals surface area contributed by atoms with E-state index in [-0.39, 0.29) is 24.5 Å². The van der Waals surface area contributed by atoms with Gasteiger partial charge in [0.1, 0.15) is 0 Å². The Hall–Kier alpha value is -2.83. The second kappa shape index (κ2) is 9.21. The van der Waals surface area contributed by atoms with Crippen molar-refractivity contribution in [2.45, 2.75) is 45.2 Å². The monoisotopic (exact) mass is 370 g/mol. The minimum absolute atomic E-state index is 0.160. The maximum atomic E-state index is 12.4. The van der Waals surface area contributed by atoms with E-state index in [1.165, 1.54) is 0 Å². The number of aryl methyl sites for hydroxylation is 1. The highest BCUT2D eigenvalue weighted by atomic mass is 16.5. The Kier molecular flexibility index (Phi) is 6.46. The molecule has 3 rings (SSSR count). The van der Waals surface area contributed by atoms with Gasteiger partial charge in [-0.2, -0.15) is 0 Å². The third-order valence-electron chi connectivity index (χ3n) is 4.68. The van der Waals surface area contributed by atoms with E-state index in [9.17, 15) is 9.59 Å². The van der Waals surface area contributed by atoms with Crippen LogP contribution in [0.1, 0.15) is 48.7 Å². The summed E-state index contributed by atoms with van der Waals surface area (Å²) in [6.45, 7) is 3.30. The number of likely N-dealkylation sites (tertiary alicyclic amines) is 1. The van der Waals surface area contributed by atoms with Gasteiger partial charge in [-0.3, -0.25) is 4.79 Å². The van der Waals surface area contributed by atoms with Crippen molar-refractivity contribution >= 4 is 11.9 Å². The molecule has 0 saturated carbocycles. The molecule has 2 N–H and O–H groups in total. The number of hydrogen-bond donors (Lipinski definition) is 2. The molecule has 1 saturated heterocycles. The van der Waals surface area contributed by atoms with Crippen LogP contribution in [0.25, 0.3) is 0 Å². The van der Waals surface area contributed by atoms with E-state index in [1.807, 2.05) is 42.2 Å².